The van der Waals surface area contributed by atoms with Gasteiger partial charge in [-0.05, 0) is 36.6 Å². The lowest BCUT2D eigenvalue weighted by atomic mass is 10.1. The van der Waals surface area contributed by atoms with Crippen molar-refractivity contribution in [2.75, 3.05) is 20.2 Å². The first-order valence-corrected chi connectivity index (χ1v) is 9.96. The van der Waals surface area contributed by atoms with Crippen molar-refractivity contribution in [3.63, 3.8) is 0 Å². The number of ether oxygens (including phenoxy) is 1. The molecule has 1 aliphatic heterocycles. The Bertz CT molecular complexity index is 876. The number of hydrogen-bond donors (Lipinski definition) is 1. The number of benzene rings is 2. The van der Waals surface area contributed by atoms with Gasteiger partial charge in [-0.15, -0.1) is 0 Å². The van der Waals surface area contributed by atoms with Crippen LogP contribution in [0.3, 0.4) is 0 Å². The SMILES string of the molecule is COc1ccc(S(=O)(=O)N2CCCC2)cc1C(=O)NCc1ccccc1. The van der Waals surface area contributed by atoms with E-state index in [1.54, 1.807) is 0 Å². The molecule has 0 unspecified atom stereocenters. The van der Waals surface area contributed by atoms with Gasteiger partial charge in [0, 0.05) is 19.6 Å². The van der Waals surface area contributed by atoms with Crippen LogP contribution in [0.15, 0.2) is 53.4 Å². The molecule has 0 aromatic heterocycles. The van der Waals surface area contributed by atoms with Gasteiger partial charge in [0.25, 0.3) is 5.91 Å². The fourth-order valence-electron chi connectivity index (χ4n) is 2.98. The van der Waals surface area contributed by atoms with E-state index in [2.05, 4.69) is 5.32 Å². The van der Waals surface area contributed by atoms with Crippen molar-refractivity contribution in [1.29, 1.82) is 0 Å². The van der Waals surface area contributed by atoms with E-state index in [0.29, 0.717) is 25.4 Å². The maximum Gasteiger partial charge on any atom is 0.255 e. The molecule has 0 saturated carbocycles. The molecule has 1 saturated heterocycles. The summed E-state index contributed by atoms with van der Waals surface area (Å²) in [5.74, 6) is -0.0277. The van der Waals surface area contributed by atoms with Crippen LogP contribution in [0, 0.1) is 0 Å². The van der Waals surface area contributed by atoms with Crippen LogP contribution in [-0.4, -0.2) is 38.8 Å². The summed E-state index contributed by atoms with van der Waals surface area (Å²) in [6.45, 7) is 1.39. The lowest BCUT2D eigenvalue weighted by molar-refractivity contribution is 0.0947. The fourth-order valence-corrected chi connectivity index (χ4v) is 4.52. The highest BCUT2D eigenvalue weighted by Gasteiger charge is 2.28. The molecule has 1 aliphatic rings. The second-order valence-corrected chi connectivity index (χ2v) is 8.08. The van der Waals surface area contributed by atoms with Gasteiger partial charge in [0.1, 0.15) is 5.75 Å². The maximum absolute atomic E-state index is 12.7. The number of amides is 1. The van der Waals surface area contributed by atoms with E-state index in [1.807, 2.05) is 30.3 Å². The quantitative estimate of drug-likeness (QED) is 0.842. The molecule has 1 amide bonds. The first kappa shape index (κ1) is 18.4. The van der Waals surface area contributed by atoms with E-state index in [9.17, 15) is 13.2 Å². The van der Waals surface area contributed by atoms with E-state index < -0.39 is 10.0 Å². The molecule has 26 heavy (non-hydrogen) atoms. The largest absolute Gasteiger partial charge is 0.496 e. The summed E-state index contributed by atoms with van der Waals surface area (Å²) >= 11 is 0. The third-order valence-corrected chi connectivity index (χ3v) is 6.31. The summed E-state index contributed by atoms with van der Waals surface area (Å²) in [5.41, 5.74) is 1.17. The van der Waals surface area contributed by atoms with Crippen molar-refractivity contribution in [3.05, 3.63) is 59.7 Å². The predicted octanol–water partition coefficient (Wildman–Crippen LogP) is 2.41. The second-order valence-electron chi connectivity index (χ2n) is 6.14. The van der Waals surface area contributed by atoms with E-state index in [0.717, 1.165) is 18.4 Å². The summed E-state index contributed by atoms with van der Waals surface area (Å²) in [4.78, 5) is 12.7. The van der Waals surface area contributed by atoms with Gasteiger partial charge in [-0.1, -0.05) is 30.3 Å². The predicted molar refractivity (Wildman–Crippen MR) is 98.6 cm³/mol. The Kier molecular flexibility index (Phi) is 5.58. The molecule has 1 heterocycles. The number of methoxy groups -OCH3 is 1. The zero-order chi connectivity index (χ0) is 18.6. The van der Waals surface area contributed by atoms with Crippen LogP contribution in [0.25, 0.3) is 0 Å². The van der Waals surface area contributed by atoms with E-state index in [4.69, 9.17) is 4.74 Å². The van der Waals surface area contributed by atoms with Gasteiger partial charge >= 0.3 is 0 Å². The molecule has 3 rings (SSSR count). The van der Waals surface area contributed by atoms with Crippen molar-refractivity contribution in [2.45, 2.75) is 24.3 Å². The standard InChI is InChI=1S/C19H22N2O4S/c1-25-18-10-9-16(26(23,24)21-11-5-6-12-21)13-17(18)19(22)20-14-15-7-3-2-4-8-15/h2-4,7-10,13H,5-6,11-12,14H2,1H3,(H,20,22). The maximum atomic E-state index is 12.7. The summed E-state index contributed by atoms with van der Waals surface area (Å²) in [6, 6.07) is 13.9. The lowest BCUT2D eigenvalue weighted by Crippen LogP contribution is -2.28. The number of nitrogens with one attached hydrogen (secondary N) is 1. The molecule has 1 N–H and O–H groups in total. The summed E-state index contributed by atoms with van der Waals surface area (Å²) < 4.78 is 32.2. The number of carbonyl (C=O) groups is 1. The number of sulfonamides is 1. The van der Waals surface area contributed by atoms with Gasteiger partial charge in [0.05, 0.1) is 17.6 Å². The monoisotopic (exact) mass is 374 g/mol. The van der Waals surface area contributed by atoms with Crippen LogP contribution in [0.4, 0.5) is 0 Å². The molecule has 1 fully saturated rings. The van der Waals surface area contributed by atoms with Crippen molar-refractivity contribution < 1.29 is 17.9 Å². The molecule has 7 heteroatoms. The molecule has 6 nitrogen and oxygen atoms in total. The fraction of sp³-hybridized carbons (Fsp3) is 0.316. The van der Waals surface area contributed by atoms with Crippen LogP contribution in [0.2, 0.25) is 0 Å². The van der Waals surface area contributed by atoms with Gasteiger partial charge in [0.2, 0.25) is 10.0 Å². The van der Waals surface area contributed by atoms with E-state index in [1.165, 1.54) is 29.6 Å². The molecule has 0 bridgehead atoms. The van der Waals surface area contributed by atoms with Crippen molar-refractivity contribution >= 4 is 15.9 Å². The topological polar surface area (TPSA) is 75.7 Å². The minimum absolute atomic E-state index is 0.116. The Labute approximate surface area is 153 Å². The molecular formula is C19H22N2O4S. The van der Waals surface area contributed by atoms with Crippen LogP contribution in [0.5, 0.6) is 5.75 Å². The number of nitrogens with zero attached hydrogens (tertiary/aromatic N) is 1. The smallest absolute Gasteiger partial charge is 0.255 e. The summed E-state index contributed by atoms with van der Waals surface area (Å²) in [7, 11) is -2.13. The minimum atomic E-state index is -3.59. The Morgan fingerprint density at radius 1 is 1.12 bits per heavy atom. The highest BCUT2D eigenvalue weighted by molar-refractivity contribution is 7.89. The van der Waals surface area contributed by atoms with Gasteiger partial charge in [-0.25, -0.2) is 8.42 Å². The Morgan fingerprint density at radius 2 is 1.81 bits per heavy atom. The zero-order valence-electron chi connectivity index (χ0n) is 14.6. The lowest BCUT2D eigenvalue weighted by Gasteiger charge is -2.17. The number of rotatable bonds is 6. The molecule has 138 valence electrons. The third kappa shape index (κ3) is 3.89. The average Bonchev–Trinajstić information content (AvgIpc) is 3.22. The normalized spacial score (nSPS) is 15.0. The van der Waals surface area contributed by atoms with Crippen molar-refractivity contribution in [3.8, 4) is 5.75 Å². The van der Waals surface area contributed by atoms with Gasteiger partial charge in [-0.3, -0.25) is 4.79 Å². The van der Waals surface area contributed by atoms with Gasteiger partial charge in [-0.2, -0.15) is 4.31 Å². The van der Waals surface area contributed by atoms with Crippen LogP contribution in [-0.2, 0) is 16.6 Å². The van der Waals surface area contributed by atoms with E-state index >= 15 is 0 Å². The zero-order valence-corrected chi connectivity index (χ0v) is 15.5. The highest BCUT2D eigenvalue weighted by Crippen LogP contribution is 2.26. The van der Waals surface area contributed by atoms with Crippen molar-refractivity contribution in [1.82, 2.24) is 9.62 Å². The van der Waals surface area contributed by atoms with Crippen molar-refractivity contribution in [2.24, 2.45) is 0 Å². The Hall–Kier alpha value is -2.38. The number of hydrogen-bond acceptors (Lipinski definition) is 4. The highest BCUT2D eigenvalue weighted by atomic mass is 32.2. The molecule has 0 radical (unpaired) electrons. The third-order valence-electron chi connectivity index (χ3n) is 4.41. The molecule has 2 aromatic carbocycles. The van der Waals surface area contributed by atoms with Gasteiger partial charge < -0.3 is 10.1 Å². The summed E-state index contributed by atoms with van der Waals surface area (Å²) in [5, 5.41) is 2.81. The van der Waals surface area contributed by atoms with Crippen LogP contribution in [0.1, 0.15) is 28.8 Å². The molecule has 0 atom stereocenters. The van der Waals surface area contributed by atoms with Crippen LogP contribution < -0.4 is 10.1 Å². The molecular weight excluding hydrogens is 352 g/mol. The van der Waals surface area contributed by atoms with E-state index in [-0.39, 0.29) is 16.4 Å². The number of carbonyl (C=O) groups excluding carboxylic acids is 1. The van der Waals surface area contributed by atoms with Gasteiger partial charge in [0.15, 0.2) is 0 Å². The Morgan fingerprint density at radius 3 is 2.46 bits per heavy atom. The molecule has 2 aromatic rings. The first-order chi connectivity index (χ1) is 12.5. The summed E-state index contributed by atoms with van der Waals surface area (Å²) in [6.07, 6.45) is 1.72. The molecule has 0 aliphatic carbocycles. The molecule has 0 spiro atoms. The second kappa shape index (κ2) is 7.88. The first-order valence-electron chi connectivity index (χ1n) is 8.52. The minimum Gasteiger partial charge on any atom is -0.496 e. The average molecular weight is 374 g/mol. The Balaban J connectivity index is 1.84. The van der Waals surface area contributed by atoms with Crippen LogP contribution >= 0.6 is 0 Å².